The number of benzene rings is 3. The lowest BCUT2D eigenvalue weighted by molar-refractivity contribution is 0.457. The standard InChI is InChI=1S/C28H23BO2S/c1-28(2,3)17-7-9-19-23(13-17)32-27-26(19)31-25-18-8-6-16(18)12-22-24(25)29(27)20-10-14-4-5-15(14)11-21(20)30-22/h7,9-13H,4-6,8H2,1-3H3. The van der Waals surface area contributed by atoms with E-state index in [4.69, 9.17) is 9.47 Å². The Balaban J connectivity index is 1.44. The lowest BCUT2D eigenvalue weighted by Gasteiger charge is -2.37. The van der Waals surface area contributed by atoms with Gasteiger partial charge in [-0.25, -0.2) is 0 Å². The van der Waals surface area contributed by atoms with E-state index in [0.29, 0.717) is 0 Å². The van der Waals surface area contributed by atoms with E-state index in [0.717, 1.165) is 35.8 Å². The predicted octanol–water partition coefficient (Wildman–Crippen LogP) is 5.12. The first-order valence-electron chi connectivity index (χ1n) is 11.7. The molecular weight excluding hydrogens is 411 g/mol. The van der Waals surface area contributed by atoms with Gasteiger partial charge in [-0.2, -0.15) is 0 Å². The summed E-state index contributed by atoms with van der Waals surface area (Å²) in [6.45, 7) is 7.06. The minimum Gasteiger partial charge on any atom is -0.458 e. The maximum Gasteiger partial charge on any atom is 0.273 e. The Hall–Kier alpha value is -2.72. The maximum atomic E-state index is 6.78. The van der Waals surface area contributed by atoms with E-state index < -0.39 is 0 Å². The van der Waals surface area contributed by atoms with Crippen LogP contribution in [0.4, 0.5) is 0 Å². The van der Waals surface area contributed by atoms with Crippen LogP contribution in [-0.2, 0) is 31.1 Å². The van der Waals surface area contributed by atoms with Crippen LogP contribution in [0.1, 0.15) is 48.6 Å². The first-order chi connectivity index (χ1) is 15.5. The van der Waals surface area contributed by atoms with Gasteiger partial charge in [0.2, 0.25) is 0 Å². The normalized spacial score (nSPS) is 16.5. The van der Waals surface area contributed by atoms with Gasteiger partial charge < -0.3 is 9.47 Å². The van der Waals surface area contributed by atoms with Crippen molar-refractivity contribution < 1.29 is 9.47 Å². The number of aryl methyl sites for hydroxylation is 3. The highest BCUT2D eigenvalue weighted by Gasteiger charge is 2.45. The van der Waals surface area contributed by atoms with Crippen LogP contribution in [0.25, 0.3) is 10.1 Å². The molecule has 0 radical (unpaired) electrons. The van der Waals surface area contributed by atoms with Gasteiger partial charge in [0.25, 0.3) is 6.71 Å². The van der Waals surface area contributed by atoms with E-state index in [2.05, 4.69) is 57.2 Å². The van der Waals surface area contributed by atoms with Crippen molar-refractivity contribution in [2.24, 2.45) is 0 Å². The molecule has 0 unspecified atom stereocenters. The first-order valence-corrected chi connectivity index (χ1v) is 12.5. The van der Waals surface area contributed by atoms with Gasteiger partial charge in [-0.05, 0) is 88.6 Å². The van der Waals surface area contributed by atoms with Crippen molar-refractivity contribution in [1.82, 2.24) is 0 Å². The molecule has 0 N–H and O–H groups in total. The zero-order valence-electron chi connectivity index (χ0n) is 18.6. The average Bonchev–Trinajstić information content (AvgIpc) is 3.08. The van der Waals surface area contributed by atoms with E-state index >= 15 is 0 Å². The average molecular weight is 434 g/mol. The van der Waals surface area contributed by atoms with E-state index in [1.165, 1.54) is 66.4 Å². The van der Waals surface area contributed by atoms with Crippen molar-refractivity contribution in [3.8, 4) is 23.0 Å². The molecule has 0 saturated heterocycles. The zero-order valence-corrected chi connectivity index (χ0v) is 19.4. The molecular formula is C28H23BO2S. The Bertz CT molecular complexity index is 1520. The molecule has 0 amide bonds. The molecule has 2 nitrogen and oxygen atoms in total. The maximum absolute atomic E-state index is 6.78. The third-order valence-corrected chi connectivity index (χ3v) is 9.14. The van der Waals surface area contributed by atoms with Gasteiger partial charge in [0.15, 0.2) is 0 Å². The number of fused-ring (bicyclic) bond motifs is 9. The van der Waals surface area contributed by atoms with E-state index in [-0.39, 0.29) is 12.1 Å². The Kier molecular flexibility index (Phi) is 3.12. The molecule has 0 bridgehead atoms. The van der Waals surface area contributed by atoms with Crippen LogP contribution in [0.3, 0.4) is 0 Å². The molecule has 2 aliphatic carbocycles. The highest BCUT2D eigenvalue weighted by atomic mass is 32.1. The van der Waals surface area contributed by atoms with Crippen molar-refractivity contribution >= 4 is 43.8 Å². The van der Waals surface area contributed by atoms with Gasteiger partial charge in [0, 0.05) is 20.3 Å². The molecule has 4 aliphatic rings. The third-order valence-electron chi connectivity index (χ3n) is 7.94. The summed E-state index contributed by atoms with van der Waals surface area (Å²) in [7, 11) is 0. The molecule has 8 rings (SSSR count). The molecule has 1 aromatic heterocycles. The van der Waals surface area contributed by atoms with Crippen LogP contribution in [-0.4, -0.2) is 6.71 Å². The van der Waals surface area contributed by atoms with E-state index in [9.17, 15) is 0 Å². The second-order valence-electron chi connectivity index (χ2n) is 10.8. The predicted molar refractivity (Wildman–Crippen MR) is 133 cm³/mol. The van der Waals surface area contributed by atoms with Gasteiger partial charge in [0.05, 0.1) is 0 Å². The summed E-state index contributed by atoms with van der Waals surface area (Å²) in [5.74, 6) is 4.21. The Morgan fingerprint density at radius 1 is 0.812 bits per heavy atom. The molecule has 156 valence electrons. The molecule has 4 heteroatoms. The first kappa shape index (κ1) is 17.8. The van der Waals surface area contributed by atoms with Gasteiger partial charge in [0.1, 0.15) is 23.0 Å². The van der Waals surface area contributed by atoms with Crippen LogP contribution >= 0.6 is 11.3 Å². The SMILES string of the molecule is CC(C)(C)c1ccc2c3c(sc2c1)B1c2cc4c(cc2Oc2cc5c(c(c21)O3)CC5)CC4. The number of thiophene rings is 1. The third kappa shape index (κ3) is 2.12. The van der Waals surface area contributed by atoms with Gasteiger partial charge >= 0.3 is 0 Å². The second-order valence-corrected chi connectivity index (χ2v) is 11.9. The second kappa shape index (κ2) is 5.61. The van der Waals surface area contributed by atoms with Crippen molar-refractivity contribution in [1.29, 1.82) is 0 Å². The molecule has 3 aromatic carbocycles. The molecule has 0 atom stereocenters. The molecule has 4 aromatic rings. The lowest BCUT2D eigenvalue weighted by Crippen LogP contribution is -2.57. The largest absolute Gasteiger partial charge is 0.458 e. The molecule has 0 saturated carbocycles. The number of ether oxygens (including phenoxy) is 2. The summed E-state index contributed by atoms with van der Waals surface area (Å²) in [5.41, 5.74) is 9.81. The summed E-state index contributed by atoms with van der Waals surface area (Å²) < 4.78 is 16.0. The summed E-state index contributed by atoms with van der Waals surface area (Å²) in [6.07, 6.45) is 4.58. The fourth-order valence-corrected chi connectivity index (χ4v) is 7.16. The summed E-state index contributed by atoms with van der Waals surface area (Å²) in [6, 6.07) is 13.9. The van der Waals surface area contributed by atoms with Crippen molar-refractivity contribution in [3.63, 3.8) is 0 Å². The summed E-state index contributed by atoms with van der Waals surface area (Å²) in [4.78, 5) is 0. The molecule has 3 heterocycles. The zero-order chi connectivity index (χ0) is 21.4. The van der Waals surface area contributed by atoms with Crippen molar-refractivity contribution in [3.05, 3.63) is 64.2 Å². The highest BCUT2D eigenvalue weighted by molar-refractivity contribution is 7.33. The summed E-state index contributed by atoms with van der Waals surface area (Å²) >= 11 is 1.91. The van der Waals surface area contributed by atoms with Crippen LogP contribution in [0.2, 0.25) is 0 Å². The van der Waals surface area contributed by atoms with Crippen LogP contribution < -0.4 is 25.2 Å². The Morgan fingerprint density at radius 2 is 1.59 bits per heavy atom. The molecule has 32 heavy (non-hydrogen) atoms. The van der Waals surface area contributed by atoms with Crippen molar-refractivity contribution in [2.75, 3.05) is 0 Å². The molecule has 2 aliphatic heterocycles. The fraction of sp³-hybridized carbons (Fsp3) is 0.286. The van der Waals surface area contributed by atoms with Gasteiger partial charge in [-0.1, -0.05) is 32.9 Å². The van der Waals surface area contributed by atoms with Crippen LogP contribution in [0.15, 0.2) is 36.4 Å². The van der Waals surface area contributed by atoms with Crippen LogP contribution in [0, 0.1) is 0 Å². The van der Waals surface area contributed by atoms with E-state index in [1.807, 2.05) is 11.3 Å². The van der Waals surface area contributed by atoms with Crippen molar-refractivity contribution in [2.45, 2.75) is 51.9 Å². The monoisotopic (exact) mass is 434 g/mol. The smallest absolute Gasteiger partial charge is 0.273 e. The topological polar surface area (TPSA) is 18.5 Å². The Morgan fingerprint density at radius 3 is 2.34 bits per heavy atom. The fourth-order valence-electron chi connectivity index (χ4n) is 5.86. The highest BCUT2D eigenvalue weighted by Crippen LogP contribution is 2.46. The molecule has 0 spiro atoms. The van der Waals surface area contributed by atoms with Crippen LogP contribution in [0.5, 0.6) is 23.0 Å². The lowest BCUT2D eigenvalue weighted by atomic mass is 9.37. The molecule has 0 fully saturated rings. The van der Waals surface area contributed by atoms with Gasteiger partial charge in [-0.15, -0.1) is 11.3 Å². The van der Waals surface area contributed by atoms with Gasteiger partial charge in [-0.3, -0.25) is 0 Å². The minimum absolute atomic E-state index is 0.131. The quantitative estimate of drug-likeness (QED) is 0.309. The summed E-state index contributed by atoms with van der Waals surface area (Å²) in [5, 5.41) is 1.25. The number of rotatable bonds is 0. The minimum atomic E-state index is 0.131. The Labute approximate surface area is 192 Å². The number of hydrogen-bond donors (Lipinski definition) is 0. The number of hydrogen-bond acceptors (Lipinski definition) is 3. The van der Waals surface area contributed by atoms with E-state index in [1.54, 1.807) is 0 Å².